The second kappa shape index (κ2) is 5.98. The van der Waals surface area contributed by atoms with E-state index in [0.717, 1.165) is 18.2 Å². The van der Waals surface area contributed by atoms with E-state index in [1.165, 1.54) is 0 Å². The number of hydrogen-bond donors (Lipinski definition) is 1. The molecule has 1 amide bonds. The first-order chi connectivity index (χ1) is 9.12. The number of carbonyl (C=O) groups is 1. The zero-order valence-corrected chi connectivity index (χ0v) is 12.1. The molecule has 0 aromatic heterocycles. The average Bonchev–Trinajstić information content (AvgIpc) is 2.34. The van der Waals surface area contributed by atoms with Crippen LogP contribution in [0.2, 0.25) is 0 Å². The molecule has 20 heavy (non-hydrogen) atoms. The lowest BCUT2D eigenvalue weighted by atomic mass is 9.82. The van der Waals surface area contributed by atoms with Crippen LogP contribution in [0.3, 0.4) is 0 Å². The first kappa shape index (κ1) is 16.1. The van der Waals surface area contributed by atoms with Crippen molar-refractivity contribution in [3.63, 3.8) is 0 Å². The van der Waals surface area contributed by atoms with Crippen LogP contribution in [-0.2, 0) is 0 Å². The third-order valence-electron chi connectivity index (χ3n) is 3.45. The third-order valence-corrected chi connectivity index (χ3v) is 3.45. The van der Waals surface area contributed by atoms with Gasteiger partial charge in [0.2, 0.25) is 0 Å². The molecule has 1 aromatic rings. The number of halogens is 1. The van der Waals surface area contributed by atoms with Gasteiger partial charge in [-0.1, -0.05) is 27.7 Å². The van der Waals surface area contributed by atoms with Gasteiger partial charge in [0.15, 0.2) is 0 Å². The average molecular weight is 282 g/mol. The molecule has 0 saturated carbocycles. The van der Waals surface area contributed by atoms with Crippen LogP contribution in [0.4, 0.5) is 10.1 Å². The first-order valence-electron chi connectivity index (χ1n) is 6.35. The second-order valence-corrected chi connectivity index (χ2v) is 5.90. The molecule has 110 valence electrons. The van der Waals surface area contributed by atoms with E-state index in [-0.39, 0.29) is 22.6 Å². The van der Waals surface area contributed by atoms with E-state index in [4.69, 9.17) is 0 Å². The Labute approximate surface area is 117 Å². The molecule has 0 saturated heterocycles. The number of nitrogens with zero attached hydrogens (tertiary/aromatic N) is 1. The molecule has 0 fully saturated rings. The quantitative estimate of drug-likeness (QED) is 0.681. The summed E-state index contributed by atoms with van der Waals surface area (Å²) in [7, 11) is 0. The smallest absolute Gasteiger partial charge is 0.270 e. The van der Waals surface area contributed by atoms with Crippen LogP contribution in [0.5, 0.6) is 0 Å². The Morgan fingerprint density at radius 3 is 2.55 bits per heavy atom. The van der Waals surface area contributed by atoms with Gasteiger partial charge in [0.1, 0.15) is 5.82 Å². The number of hydrogen-bond acceptors (Lipinski definition) is 3. The fraction of sp³-hybridized carbons (Fsp3) is 0.500. The molecule has 0 radical (unpaired) electrons. The summed E-state index contributed by atoms with van der Waals surface area (Å²) in [5.74, 6) is -1.22. The van der Waals surface area contributed by atoms with E-state index in [9.17, 15) is 19.3 Å². The van der Waals surface area contributed by atoms with Gasteiger partial charge in [-0.2, -0.15) is 0 Å². The molecular formula is C14H19FN2O3. The molecule has 0 spiro atoms. The summed E-state index contributed by atoms with van der Waals surface area (Å²) in [4.78, 5) is 21.9. The highest BCUT2D eigenvalue weighted by atomic mass is 19.1. The number of amides is 1. The van der Waals surface area contributed by atoms with E-state index in [1.54, 1.807) is 0 Å². The zero-order chi connectivity index (χ0) is 15.5. The molecule has 0 heterocycles. The maximum atomic E-state index is 13.6. The van der Waals surface area contributed by atoms with Crippen LogP contribution in [0.15, 0.2) is 18.2 Å². The number of benzene rings is 1. The fourth-order valence-electron chi connectivity index (χ4n) is 1.45. The van der Waals surface area contributed by atoms with Gasteiger partial charge in [0, 0.05) is 18.7 Å². The summed E-state index contributed by atoms with van der Waals surface area (Å²) >= 11 is 0. The molecule has 5 nitrogen and oxygen atoms in total. The van der Waals surface area contributed by atoms with E-state index in [1.807, 2.05) is 27.7 Å². The van der Waals surface area contributed by atoms with Crippen LogP contribution in [0.1, 0.15) is 38.1 Å². The molecular weight excluding hydrogens is 263 g/mol. The molecule has 0 aliphatic rings. The van der Waals surface area contributed by atoms with E-state index in [2.05, 4.69) is 5.32 Å². The van der Waals surface area contributed by atoms with Crippen molar-refractivity contribution >= 4 is 11.6 Å². The van der Waals surface area contributed by atoms with Gasteiger partial charge in [-0.3, -0.25) is 14.9 Å². The van der Waals surface area contributed by atoms with Crippen molar-refractivity contribution in [3.05, 3.63) is 39.7 Å². The predicted molar refractivity (Wildman–Crippen MR) is 74.0 cm³/mol. The highest BCUT2D eigenvalue weighted by Gasteiger charge is 2.22. The van der Waals surface area contributed by atoms with Gasteiger partial charge in [-0.15, -0.1) is 0 Å². The number of nitrogens with one attached hydrogen (secondary N) is 1. The van der Waals surface area contributed by atoms with Gasteiger partial charge >= 0.3 is 0 Å². The minimum absolute atomic E-state index is 0.00844. The number of rotatable bonds is 4. The SMILES string of the molecule is CC(CNC(=O)c1cc([N+](=O)[O-])ccc1F)C(C)(C)C. The summed E-state index contributed by atoms with van der Waals surface area (Å²) in [5, 5.41) is 13.2. The maximum Gasteiger partial charge on any atom is 0.270 e. The third kappa shape index (κ3) is 4.01. The van der Waals surface area contributed by atoms with Crippen LogP contribution >= 0.6 is 0 Å². The standard InChI is InChI=1S/C14H19FN2O3/c1-9(14(2,3)4)8-16-13(18)11-7-10(17(19)20)5-6-12(11)15/h5-7,9H,8H2,1-4H3,(H,16,18). The highest BCUT2D eigenvalue weighted by molar-refractivity contribution is 5.95. The Balaban J connectivity index is 2.83. The molecule has 1 N–H and O–H groups in total. The molecule has 0 aliphatic carbocycles. The zero-order valence-electron chi connectivity index (χ0n) is 12.1. The molecule has 1 rings (SSSR count). The normalized spacial score (nSPS) is 12.8. The summed E-state index contributed by atoms with van der Waals surface area (Å²) in [6, 6.07) is 2.91. The summed E-state index contributed by atoms with van der Waals surface area (Å²) in [5.41, 5.74) is -0.602. The largest absolute Gasteiger partial charge is 0.352 e. The summed E-state index contributed by atoms with van der Waals surface area (Å²) in [6.07, 6.45) is 0. The van der Waals surface area contributed by atoms with Crippen LogP contribution < -0.4 is 5.32 Å². The predicted octanol–water partition coefficient (Wildman–Crippen LogP) is 3.15. The number of carbonyl (C=O) groups excluding carboxylic acids is 1. The second-order valence-electron chi connectivity index (χ2n) is 5.90. The topological polar surface area (TPSA) is 72.2 Å². The maximum absolute atomic E-state index is 13.6. The van der Waals surface area contributed by atoms with Crippen LogP contribution in [-0.4, -0.2) is 17.4 Å². The number of non-ortho nitro benzene ring substituents is 1. The Kier molecular flexibility index (Phi) is 4.81. The minimum Gasteiger partial charge on any atom is -0.352 e. The van der Waals surface area contributed by atoms with Crippen molar-refractivity contribution < 1.29 is 14.1 Å². The molecule has 1 unspecified atom stereocenters. The molecule has 1 aromatic carbocycles. The monoisotopic (exact) mass is 282 g/mol. The van der Waals surface area contributed by atoms with E-state index in [0.29, 0.717) is 6.54 Å². The van der Waals surface area contributed by atoms with Crippen molar-refractivity contribution in [1.29, 1.82) is 0 Å². The minimum atomic E-state index is -0.767. The lowest BCUT2D eigenvalue weighted by Gasteiger charge is -2.27. The van der Waals surface area contributed by atoms with Crippen molar-refractivity contribution in [3.8, 4) is 0 Å². The lowest BCUT2D eigenvalue weighted by Crippen LogP contribution is -2.34. The van der Waals surface area contributed by atoms with E-state index >= 15 is 0 Å². The Morgan fingerprint density at radius 1 is 1.45 bits per heavy atom. The van der Waals surface area contributed by atoms with Gasteiger partial charge in [-0.25, -0.2) is 4.39 Å². The van der Waals surface area contributed by atoms with Gasteiger partial charge < -0.3 is 5.32 Å². The molecule has 0 aliphatic heterocycles. The van der Waals surface area contributed by atoms with Crippen molar-refractivity contribution in [1.82, 2.24) is 5.32 Å². The van der Waals surface area contributed by atoms with Gasteiger partial charge in [0.05, 0.1) is 10.5 Å². The molecule has 6 heteroatoms. The highest BCUT2D eigenvalue weighted by Crippen LogP contribution is 2.24. The Morgan fingerprint density at radius 2 is 2.05 bits per heavy atom. The van der Waals surface area contributed by atoms with Crippen molar-refractivity contribution in [2.24, 2.45) is 11.3 Å². The first-order valence-corrected chi connectivity index (χ1v) is 6.35. The van der Waals surface area contributed by atoms with Crippen LogP contribution in [0, 0.1) is 27.3 Å². The van der Waals surface area contributed by atoms with E-state index < -0.39 is 16.6 Å². The molecule has 1 atom stereocenters. The van der Waals surface area contributed by atoms with Crippen LogP contribution in [0.25, 0.3) is 0 Å². The Bertz CT molecular complexity index is 524. The number of nitro benzene ring substituents is 1. The molecule has 0 bridgehead atoms. The number of nitro groups is 1. The fourth-order valence-corrected chi connectivity index (χ4v) is 1.45. The van der Waals surface area contributed by atoms with Crippen molar-refractivity contribution in [2.75, 3.05) is 6.54 Å². The summed E-state index contributed by atoms with van der Waals surface area (Å²) < 4.78 is 13.6. The summed E-state index contributed by atoms with van der Waals surface area (Å²) in [6.45, 7) is 8.47. The van der Waals surface area contributed by atoms with Gasteiger partial charge in [-0.05, 0) is 17.4 Å². The Hall–Kier alpha value is -1.98. The van der Waals surface area contributed by atoms with Gasteiger partial charge in [0.25, 0.3) is 11.6 Å². The lowest BCUT2D eigenvalue weighted by molar-refractivity contribution is -0.384. The van der Waals surface area contributed by atoms with Crippen molar-refractivity contribution in [2.45, 2.75) is 27.7 Å².